The number of carbonyl (C=O) groups excluding carboxylic acids is 1. The maximum Gasteiger partial charge on any atom is 0.407 e. The van der Waals surface area contributed by atoms with Gasteiger partial charge in [-0.3, -0.25) is 10.1 Å². The average molecular weight is 412 g/mol. The van der Waals surface area contributed by atoms with E-state index in [4.69, 9.17) is 14.2 Å². The van der Waals surface area contributed by atoms with Crippen molar-refractivity contribution in [1.82, 2.24) is 10.6 Å². The predicted molar refractivity (Wildman–Crippen MR) is 101 cm³/mol. The van der Waals surface area contributed by atoms with Crippen LogP contribution in [0.25, 0.3) is 0 Å². The molecule has 0 saturated heterocycles. The van der Waals surface area contributed by atoms with Gasteiger partial charge < -0.3 is 19.5 Å². The molecule has 0 saturated carbocycles. The highest BCUT2D eigenvalue weighted by atomic mass is 19.4. The van der Waals surface area contributed by atoms with Crippen LogP contribution in [-0.4, -0.2) is 40.0 Å². The van der Waals surface area contributed by atoms with Crippen molar-refractivity contribution in [2.75, 3.05) is 27.9 Å². The molecule has 2 aromatic rings. The minimum Gasteiger partial charge on any atom is -0.496 e. The van der Waals surface area contributed by atoms with Crippen molar-refractivity contribution >= 4 is 5.91 Å². The second-order valence-electron chi connectivity index (χ2n) is 6.06. The molecule has 0 aliphatic heterocycles. The summed E-state index contributed by atoms with van der Waals surface area (Å²) in [6, 6.07) is 8.67. The van der Waals surface area contributed by atoms with Gasteiger partial charge in [-0.1, -0.05) is 30.3 Å². The number of nitrogens with one attached hydrogen (secondary N) is 2. The van der Waals surface area contributed by atoms with Crippen molar-refractivity contribution in [2.24, 2.45) is 0 Å². The zero-order valence-corrected chi connectivity index (χ0v) is 16.3. The summed E-state index contributed by atoms with van der Waals surface area (Å²) in [5.74, 6) is 0.759. The van der Waals surface area contributed by atoms with Crippen molar-refractivity contribution in [3.05, 3.63) is 53.6 Å². The van der Waals surface area contributed by atoms with Gasteiger partial charge in [-0.05, 0) is 11.6 Å². The van der Waals surface area contributed by atoms with E-state index in [2.05, 4.69) is 10.6 Å². The number of methoxy groups -OCH3 is 3. The molecule has 1 atom stereocenters. The molecule has 0 bridgehead atoms. The van der Waals surface area contributed by atoms with E-state index in [9.17, 15) is 18.0 Å². The van der Waals surface area contributed by atoms with Crippen molar-refractivity contribution in [2.45, 2.75) is 18.8 Å². The van der Waals surface area contributed by atoms with E-state index in [0.717, 1.165) is 0 Å². The van der Waals surface area contributed by atoms with Gasteiger partial charge in [0.15, 0.2) is 11.5 Å². The molecule has 6 nitrogen and oxygen atoms in total. The molecule has 2 aromatic carbocycles. The van der Waals surface area contributed by atoms with Crippen LogP contribution in [0.4, 0.5) is 13.2 Å². The summed E-state index contributed by atoms with van der Waals surface area (Å²) in [5, 5.41) is 4.84. The van der Waals surface area contributed by atoms with E-state index in [-0.39, 0.29) is 12.1 Å². The quantitative estimate of drug-likeness (QED) is 0.662. The van der Waals surface area contributed by atoms with Crippen LogP contribution in [0, 0.1) is 0 Å². The Kier molecular flexibility index (Phi) is 7.72. The monoisotopic (exact) mass is 412 g/mol. The van der Waals surface area contributed by atoms with E-state index < -0.39 is 24.7 Å². The first-order valence-corrected chi connectivity index (χ1v) is 8.70. The lowest BCUT2D eigenvalue weighted by Crippen LogP contribution is -2.40. The van der Waals surface area contributed by atoms with Crippen LogP contribution in [0.15, 0.2) is 42.5 Å². The van der Waals surface area contributed by atoms with E-state index in [0.29, 0.717) is 22.8 Å². The molecule has 0 aliphatic rings. The fraction of sp³-hybridized carbons (Fsp3) is 0.350. The molecule has 0 aromatic heterocycles. The normalized spacial score (nSPS) is 12.2. The molecule has 1 amide bonds. The van der Waals surface area contributed by atoms with Crippen molar-refractivity contribution in [3.8, 4) is 17.2 Å². The summed E-state index contributed by atoms with van der Waals surface area (Å²) >= 11 is 0. The number of alkyl halides is 3. The Bertz CT molecular complexity index is 813. The first kappa shape index (κ1) is 22.4. The molecule has 0 spiro atoms. The van der Waals surface area contributed by atoms with E-state index in [1.165, 1.54) is 45.6 Å². The van der Waals surface area contributed by atoms with Crippen LogP contribution in [0.5, 0.6) is 17.2 Å². The molecule has 0 heterocycles. The Hall–Kier alpha value is -2.94. The highest BCUT2D eigenvalue weighted by molar-refractivity contribution is 5.78. The molecule has 158 valence electrons. The Morgan fingerprint density at radius 1 is 0.966 bits per heavy atom. The van der Waals surface area contributed by atoms with Crippen LogP contribution in [0.3, 0.4) is 0 Å². The van der Waals surface area contributed by atoms with E-state index in [1.807, 2.05) is 0 Å². The lowest BCUT2D eigenvalue weighted by molar-refractivity contribution is -0.158. The van der Waals surface area contributed by atoms with Crippen LogP contribution < -0.4 is 24.8 Å². The van der Waals surface area contributed by atoms with Gasteiger partial charge >= 0.3 is 6.18 Å². The van der Waals surface area contributed by atoms with Gasteiger partial charge in [0.25, 0.3) is 0 Å². The van der Waals surface area contributed by atoms with Crippen molar-refractivity contribution in [1.29, 1.82) is 0 Å². The van der Waals surface area contributed by atoms with Gasteiger partial charge in [0.2, 0.25) is 5.91 Å². The zero-order chi connectivity index (χ0) is 21.4. The summed E-state index contributed by atoms with van der Waals surface area (Å²) in [4.78, 5) is 12.1. The molecule has 2 N–H and O–H groups in total. The van der Waals surface area contributed by atoms with Crippen LogP contribution in [0.2, 0.25) is 0 Å². The highest BCUT2D eigenvalue weighted by Crippen LogP contribution is 2.34. The summed E-state index contributed by atoms with van der Waals surface area (Å²) < 4.78 is 55.6. The van der Waals surface area contributed by atoms with E-state index in [1.54, 1.807) is 18.2 Å². The molecule has 0 fully saturated rings. The third kappa shape index (κ3) is 6.02. The Balaban J connectivity index is 2.02. The molecule has 9 heteroatoms. The average Bonchev–Trinajstić information content (AvgIpc) is 2.71. The topological polar surface area (TPSA) is 68.8 Å². The molecule has 0 radical (unpaired) electrons. The first-order valence-electron chi connectivity index (χ1n) is 8.70. The number of halogens is 3. The van der Waals surface area contributed by atoms with Crippen LogP contribution in [-0.2, 0) is 11.3 Å². The smallest absolute Gasteiger partial charge is 0.407 e. The summed E-state index contributed by atoms with van der Waals surface area (Å²) in [6.45, 7) is -0.458. The lowest BCUT2D eigenvalue weighted by Gasteiger charge is -2.22. The molecule has 2 rings (SSSR count). The van der Waals surface area contributed by atoms with Gasteiger partial charge in [-0.2, -0.15) is 13.2 Å². The van der Waals surface area contributed by atoms with Gasteiger partial charge in [-0.15, -0.1) is 0 Å². The Morgan fingerprint density at radius 3 is 2.10 bits per heavy atom. The van der Waals surface area contributed by atoms with Gasteiger partial charge in [0, 0.05) is 18.2 Å². The van der Waals surface area contributed by atoms with E-state index >= 15 is 0 Å². The standard InChI is InChI=1S/C20H23F3N2O4/c1-27-15-10-17(29-3)16(28-2)9-14(15)11-24-18(26)12-25-19(20(21,22)23)13-7-5-4-6-8-13/h4-10,19,25H,11-12H2,1-3H3,(H,24,26). The second-order valence-corrected chi connectivity index (χ2v) is 6.06. The summed E-state index contributed by atoms with van der Waals surface area (Å²) in [5.41, 5.74) is 0.628. The minimum absolute atomic E-state index is 0.0364. The van der Waals surface area contributed by atoms with Gasteiger partial charge in [-0.25, -0.2) is 0 Å². The fourth-order valence-electron chi connectivity index (χ4n) is 2.75. The number of hydrogen-bond donors (Lipinski definition) is 2. The Morgan fingerprint density at radius 2 is 1.55 bits per heavy atom. The lowest BCUT2D eigenvalue weighted by atomic mass is 10.1. The van der Waals surface area contributed by atoms with Crippen LogP contribution in [0.1, 0.15) is 17.2 Å². The minimum atomic E-state index is -4.53. The third-order valence-corrected chi connectivity index (χ3v) is 4.19. The summed E-state index contributed by atoms with van der Waals surface area (Å²) in [7, 11) is 4.41. The largest absolute Gasteiger partial charge is 0.496 e. The number of amides is 1. The maximum absolute atomic E-state index is 13.3. The number of ether oxygens (including phenoxy) is 3. The molecular formula is C20H23F3N2O4. The third-order valence-electron chi connectivity index (χ3n) is 4.19. The summed E-state index contributed by atoms with van der Waals surface area (Å²) in [6.07, 6.45) is -4.53. The maximum atomic E-state index is 13.3. The van der Waals surface area contributed by atoms with Crippen LogP contribution >= 0.6 is 0 Å². The number of hydrogen-bond acceptors (Lipinski definition) is 5. The molecule has 29 heavy (non-hydrogen) atoms. The number of carbonyl (C=O) groups is 1. The second kappa shape index (κ2) is 10.0. The zero-order valence-electron chi connectivity index (χ0n) is 16.3. The SMILES string of the molecule is COc1cc(OC)c(OC)cc1CNC(=O)CNC(c1ccccc1)C(F)(F)F. The Labute approximate surface area is 167 Å². The fourth-order valence-corrected chi connectivity index (χ4v) is 2.75. The molecule has 1 unspecified atom stereocenters. The number of benzene rings is 2. The van der Waals surface area contributed by atoms with Crippen molar-refractivity contribution < 1.29 is 32.2 Å². The highest BCUT2D eigenvalue weighted by Gasteiger charge is 2.40. The molecular weight excluding hydrogens is 389 g/mol. The number of rotatable bonds is 9. The molecule has 0 aliphatic carbocycles. The predicted octanol–water partition coefficient (Wildman–Crippen LogP) is 3.22. The van der Waals surface area contributed by atoms with Gasteiger partial charge in [0.05, 0.1) is 27.9 Å². The van der Waals surface area contributed by atoms with Gasteiger partial charge in [0.1, 0.15) is 11.8 Å². The van der Waals surface area contributed by atoms with Crippen molar-refractivity contribution in [3.63, 3.8) is 0 Å². The first-order chi connectivity index (χ1) is 13.8.